The van der Waals surface area contributed by atoms with Crippen LogP contribution in [0.1, 0.15) is 0 Å². The molecule has 0 unspecified atom stereocenters. The Morgan fingerprint density at radius 1 is 1.21 bits per heavy atom. The predicted octanol–water partition coefficient (Wildman–Crippen LogP) is 4.49. The molecule has 0 spiro atoms. The van der Waals surface area contributed by atoms with Crippen LogP contribution in [-0.4, -0.2) is 11.3 Å². The van der Waals surface area contributed by atoms with Crippen LogP contribution in [-0.2, 0) is 0 Å². The van der Waals surface area contributed by atoms with Crippen LogP contribution in [0, 0.1) is 0 Å². The Hall–Kier alpha value is -1.76. The van der Waals surface area contributed by atoms with Gasteiger partial charge >= 0.3 is 6.36 Å². The molecule has 0 radical (unpaired) electrons. The number of alkyl halides is 3. The topological polar surface area (TPSA) is 34.1 Å². The van der Waals surface area contributed by atoms with E-state index < -0.39 is 6.36 Å². The Bertz CT molecular complexity index is 575. The second kappa shape index (κ2) is 5.48. The number of hydrogen-bond donors (Lipinski definition) is 1. The highest BCUT2D eigenvalue weighted by molar-refractivity contribution is 9.10. The molecule has 0 amide bonds. The van der Waals surface area contributed by atoms with Crippen LogP contribution in [0.2, 0.25) is 0 Å². The third-order valence-corrected chi connectivity index (χ3v) is 2.75. The second-order valence-corrected chi connectivity index (χ2v) is 4.41. The lowest BCUT2D eigenvalue weighted by molar-refractivity contribution is -0.274. The Morgan fingerprint density at radius 2 is 2.00 bits per heavy atom. The number of aromatic nitrogens is 1. The summed E-state index contributed by atoms with van der Waals surface area (Å²) in [6.45, 7) is 0. The number of hydrogen-bond acceptors (Lipinski definition) is 3. The van der Waals surface area contributed by atoms with Crippen molar-refractivity contribution in [2.45, 2.75) is 6.36 Å². The summed E-state index contributed by atoms with van der Waals surface area (Å²) in [5.74, 6) is -0.275. The van der Waals surface area contributed by atoms with E-state index in [1.54, 1.807) is 24.5 Å². The molecule has 0 aliphatic heterocycles. The summed E-state index contributed by atoms with van der Waals surface area (Å²) in [5, 5.41) is 2.96. The Morgan fingerprint density at radius 3 is 2.68 bits per heavy atom. The normalized spacial score (nSPS) is 11.2. The molecule has 3 nitrogen and oxygen atoms in total. The molecule has 0 fully saturated rings. The summed E-state index contributed by atoms with van der Waals surface area (Å²) in [4.78, 5) is 3.89. The predicted molar refractivity (Wildman–Crippen MR) is 68.3 cm³/mol. The van der Waals surface area contributed by atoms with Crippen molar-refractivity contribution in [2.24, 2.45) is 0 Å². The first-order chi connectivity index (χ1) is 8.94. The van der Waals surface area contributed by atoms with Crippen LogP contribution in [0.25, 0.3) is 0 Å². The number of nitrogens with one attached hydrogen (secondary N) is 1. The van der Waals surface area contributed by atoms with Gasteiger partial charge in [0.1, 0.15) is 5.75 Å². The highest BCUT2D eigenvalue weighted by atomic mass is 79.9. The first-order valence-corrected chi connectivity index (χ1v) is 5.96. The van der Waals surface area contributed by atoms with E-state index in [2.05, 4.69) is 31.0 Å². The van der Waals surface area contributed by atoms with Crippen LogP contribution in [0.15, 0.2) is 47.2 Å². The molecule has 0 saturated heterocycles. The lowest BCUT2D eigenvalue weighted by atomic mass is 10.3. The van der Waals surface area contributed by atoms with Gasteiger partial charge in [0, 0.05) is 24.1 Å². The molecule has 0 aliphatic carbocycles. The van der Waals surface area contributed by atoms with E-state index in [4.69, 9.17) is 0 Å². The van der Waals surface area contributed by atoms with Gasteiger partial charge in [-0.25, -0.2) is 0 Å². The van der Waals surface area contributed by atoms with Crippen LogP contribution in [0.3, 0.4) is 0 Å². The quantitative estimate of drug-likeness (QED) is 0.899. The van der Waals surface area contributed by atoms with Crippen LogP contribution < -0.4 is 10.1 Å². The zero-order valence-corrected chi connectivity index (χ0v) is 11.0. The van der Waals surface area contributed by atoms with Gasteiger partial charge in [-0.2, -0.15) is 0 Å². The minimum Gasteiger partial charge on any atom is -0.406 e. The first-order valence-electron chi connectivity index (χ1n) is 5.16. The van der Waals surface area contributed by atoms with Crippen molar-refractivity contribution in [2.75, 3.05) is 5.32 Å². The van der Waals surface area contributed by atoms with Crippen molar-refractivity contribution in [1.82, 2.24) is 4.98 Å². The number of ether oxygens (including phenoxy) is 1. The lowest BCUT2D eigenvalue weighted by Gasteiger charge is -2.11. The molecule has 7 heteroatoms. The molecule has 0 aliphatic rings. The van der Waals surface area contributed by atoms with E-state index in [0.717, 1.165) is 0 Å². The number of pyridine rings is 1. The van der Waals surface area contributed by atoms with E-state index >= 15 is 0 Å². The molecule has 2 aromatic rings. The molecular formula is C12H8BrF3N2O. The van der Waals surface area contributed by atoms with Crippen molar-refractivity contribution in [3.8, 4) is 5.75 Å². The number of anilines is 2. The van der Waals surface area contributed by atoms with E-state index in [-0.39, 0.29) is 5.75 Å². The molecule has 19 heavy (non-hydrogen) atoms. The third kappa shape index (κ3) is 4.13. The van der Waals surface area contributed by atoms with Gasteiger partial charge in [-0.15, -0.1) is 13.2 Å². The number of benzene rings is 1. The van der Waals surface area contributed by atoms with Gasteiger partial charge in [-0.3, -0.25) is 4.98 Å². The van der Waals surface area contributed by atoms with Gasteiger partial charge in [0.15, 0.2) is 0 Å². The van der Waals surface area contributed by atoms with Crippen molar-refractivity contribution in [1.29, 1.82) is 0 Å². The molecule has 2 rings (SSSR count). The fourth-order valence-corrected chi connectivity index (χ4v) is 1.75. The molecule has 1 aromatic heterocycles. The van der Waals surface area contributed by atoms with Gasteiger partial charge in [-0.1, -0.05) is 6.07 Å². The fraction of sp³-hybridized carbons (Fsp3) is 0.0833. The smallest absolute Gasteiger partial charge is 0.406 e. The summed E-state index contributed by atoms with van der Waals surface area (Å²) >= 11 is 3.28. The maximum Gasteiger partial charge on any atom is 0.573 e. The number of halogens is 4. The minimum atomic E-state index is -4.70. The molecule has 0 atom stereocenters. The largest absolute Gasteiger partial charge is 0.573 e. The third-order valence-electron chi connectivity index (χ3n) is 2.12. The van der Waals surface area contributed by atoms with E-state index in [1.807, 2.05) is 0 Å². The van der Waals surface area contributed by atoms with Gasteiger partial charge in [-0.05, 0) is 34.1 Å². The highest BCUT2D eigenvalue weighted by Gasteiger charge is 2.31. The number of rotatable bonds is 3. The molecule has 1 aromatic carbocycles. The van der Waals surface area contributed by atoms with Crippen LogP contribution in [0.4, 0.5) is 24.5 Å². The standard InChI is InChI=1S/C12H8BrF3N2O/c13-10-7-17-5-4-11(10)18-8-2-1-3-9(6-8)19-12(14,15)16/h1-7H,(H,17,18). The van der Waals surface area contributed by atoms with Crippen LogP contribution >= 0.6 is 15.9 Å². The summed E-state index contributed by atoms with van der Waals surface area (Å²) < 4.78 is 40.9. The first kappa shape index (κ1) is 13.7. The summed E-state index contributed by atoms with van der Waals surface area (Å²) in [7, 11) is 0. The summed E-state index contributed by atoms with van der Waals surface area (Å²) in [5.41, 5.74) is 1.17. The Kier molecular flexibility index (Phi) is 3.94. The Balaban J connectivity index is 2.18. The minimum absolute atomic E-state index is 0.275. The molecule has 1 N–H and O–H groups in total. The van der Waals surface area contributed by atoms with Gasteiger partial charge in [0.25, 0.3) is 0 Å². The van der Waals surface area contributed by atoms with Crippen molar-refractivity contribution >= 4 is 27.3 Å². The average molecular weight is 333 g/mol. The van der Waals surface area contributed by atoms with Crippen molar-refractivity contribution < 1.29 is 17.9 Å². The van der Waals surface area contributed by atoms with Gasteiger partial charge in [0.2, 0.25) is 0 Å². The van der Waals surface area contributed by atoms with E-state index in [0.29, 0.717) is 15.8 Å². The molecular weight excluding hydrogens is 325 g/mol. The fourth-order valence-electron chi connectivity index (χ4n) is 1.40. The van der Waals surface area contributed by atoms with Crippen molar-refractivity contribution in [3.63, 3.8) is 0 Å². The molecule has 0 saturated carbocycles. The average Bonchev–Trinajstić information content (AvgIpc) is 2.30. The SMILES string of the molecule is FC(F)(F)Oc1cccc(Nc2ccncc2Br)c1. The summed E-state index contributed by atoms with van der Waals surface area (Å²) in [6, 6.07) is 7.30. The van der Waals surface area contributed by atoms with E-state index in [9.17, 15) is 13.2 Å². The highest BCUT2D eigenvalue weighted by Crippen LogP contribution is 2.28. The molecule has 1 heterocycles. The Labute approximate surface area is 115 Å². The van der Waals surface area contributed by atoms with Crippen molar-refractivity contribution in [3.05, 3.63) is 47.2 Å². The summed E-state index contributed by atoms with van der Waals surface area (Å²) in [6.07, 6.45) is -1.54. The van der Waals surface area contributed by atoms with E-state index in [1.165, 1.54) is 18.2 Å². The maximum absolute atomic E-state index is 12.1. The molecule has 100 valence electrons. The maximum atomic E-state index is 12.1. The zero-order valence-electron chi connectivity index (χ0n) is 9.41. The van der Waals surface area contributed by atoms with Gasteiger partial charge in [0.05, 0.1) is 10.2 Å². The molecule has 0 bridgehead atoms. The zero-order chi connectivity index (χ0) is 13.9. The monoisotopic (exact) mass is 332 g/mol. The second-order valence-electron chi connectivity index (χ2n) is 3.56. The number of nitrogens with zero attached hydrogens (tertiary/aromatic N) is 1. The van der Waals surface area contributed by atoms with Crippen LogP contribution in [0.5, 0.6) is 5.75 Å². The lowest BCUT2D eigenvalue weighted by Crippen LogP contribution is -2.17. The van der Waals surface area contributed by atoms with Gasteiger partial charge < -0.3 is 10.1 Å².